The van der Waals surface area contributed by atoms with E-state index < -0.39 is 17.8 Å². The number of carbonyl (C=O) groups excluding carboxylic acids is 1. The van der Waals surface area contributed by atoms with Crippen molar-refractivity contribution in [2.45, 2.75) is 6.04 Å². The van der Waals surface area contributed by atoms with Crippen LogP contribution in [0.5, 0.6) is 0 Å². The number of nitriles is 1. The number of amides is 1. The molecule has 0 spiro atoms. The highest BCUT2D eigenvalue weighted by Crippen LogP contribution is 2.12. The Morgan fingerprint density at radius 2 is 1.74 bits per heavy atom. The summed E-state index contributed by atoms with van der Waals surface area (Å²) >= 11 is 0. The molecule has 1 unspecified atom stereocenters. The van der Waals surface area contributed by atoms with E-state index in [2.05, 4.69) is 5.32 Å². The number of hydrogen-bond acceptors (Lipinski definition) is 2. The standard InChI is InChI=1S/C15H11FN2O/c16-13-8-6-12(7-9-13)15(19)18-14(10-17)11-4-2-1-3-5-11/h1-9,14H,(H,18,19). The molecule has 2 aromatic rings. The molecule has 2 aromatic carbocycles. The predicted octanol–water partition coefficient (Wildman–Crippen LogP) is 2.82. The van der Waals surface area contributed by atoms with Gasteiger partial charge in [0.15, 0.2) is 0 Å². The normalized spacial score (nSPS) is 11.4. The van der Waals surface area contributed by atoms with Crippen molar-refractivity contribution < 1.29 is 9.18 Å². The highest BCUT2D eigenvalue weighted by molar-refractivity contribution is 5.94. The largest absolute Gasteiger partial charge is 0.333 e. The molecular formula is C15H11FN2O. The molecule has 0 fully saturated rings. The van der Waals surface area contributed by atoms with Crippen molar-refractivity contribution >= 4 is 5.91 Å². The maximum Gasteiger partial charge on any atom is 0.252 e. The molecule has 0 radical (unpaired) electrons. The third-order valence-electron chi connectivity index (χ3n) is 2.64. The first-order valence-corrected chi connectivity index (χ1v) is 5.71. The Morgan fingerprint density at radius 1 is 1.11 bits per heavy atom. The van der Waals surface area contributed by atoms with Crippen LogP contribution in [0.1, 0.15) is 22.0 Å². The summed E-state index contributed by atoms with van der Waals surface area (Å²) in [6.07, 6.45) is 0. The molecule has 0 saturated heterocycles. The molecule has 0 aromatic heterocycles. The molecule has 0 bridgehead atoms. The van der Waals surface area contributed by atoms with E-state index in [9.17, 15) is 9.18 Å². The second-order valence-corrected chi connectivity index (χ2v) is 3.95. The maximum absolute atomic E-state index is 12.8. The zero-order valence-electron chi connectivity index (χ0n) is 10.0. The van der Waals surface area contributed by atoms with Crippen molar-refractivity contribution in [1.82, 2.24) is 5.32 Å². The van der Waals surface area contributed by atoms with Gasteiger partial charge in [-0.15, -0.1) is 0 Å². The second kappa shape index (κ2) is 5.78. The van der Waals surface area contributed by atoms with Gasteiger partial charge in [0.25, 0.3) is 5.91 Å². The van der Waals surface area contributed by atoms with Gasteiger partial charge in [0, 0.05) is 5.56 Å². The van der Waals surface area contributed by atoms with E-state index in [-0.39, 0.29) is 0 Å². The van der Waals surface area contributed by atoms with Crippen LogP contribution in [0.15, 0.2) is 54.6 Å². The van der Waals surface area contributed by atoms with Gasteiger partial charge in [0.1, 0.15) is 11.9 Å². The molecule has 0 saturated carbocycles. The summed E-state index contributed by atoms with van der Waals surface area (Å²) in [5.74, 6) is -0.813. The van der Waals surface area contributed by atoms with E-state index in [1.165, 1.54) is 24.3 Å². The van der Waals surface area contributed by atoms with Crippen molar-refractivity contribution in [3.05, 3.63) is 71.5 Å². The van der Waals surface area contributed by atoms with Crippen molar-refractivity contribution in [3.63, 3.8) is 0 Å². The Morgan fingerprint density at radius 3 is 2.32 bits per heavy atom. The lowest BCUT2D eigenvalue weighted by molar-refractivity contribution is 0.0945. The molecule has 4 heteroatoms. The van der Waals surface area contributed by atoms with Gasteiger partial charge in [-0.3, -0.25) is 4.79 Å². The van der Waals surface area contributed by atoms with E-state index in [1.54, 1.807) is 24.3 Å². The number of rotatable bonds is 3. The molecule has 1 N–H and O–H groups in total. The van der Waals surface area contributed by atoms with Crippen LogP contribution in [0.3, 0.4) is 0 Å². The molecule has 0 aliphatic rings. The van der Waals surface area contributed by atoms with Crippen LogP contribution in [0, 0.1) is 17.1 Å². The maximum atomic E-state index is 12.8. The Labute approximate surface area is 110 Å². The lowest BCUT2D eigenvalue weighted by atomic mass is 10.1. The predicted molar refractivity (Wildman–Crippen MR) is 68.7 cm³/mol. The highest BCUT2D eigenvalue weighted by atomic mass is 19.1. The van der Waals surface area contributed by atoms with Gasteiger partial charge in [-0.05, 0) is 29.8 Å². The minimum Gasteiger partial charge on any atom is -0.333 e. The minimum absolute atomic E-state index is 0.317. The number of nitrogens with one attached hydrogen (secondary N) is 1. The second-order valence-electron chi connectivity index (χ2n) is 3.95. The van der Waals surface area contributed by atoms with E-state index in [0.717, 1.165) is 0 Å². The van der Waals surface area contributed by atoms with Gasteiger partial charge >= 0.3 is 0 Å². The summed E-state index contributed by atoms with van der Waals surface area (Å²) in [5.41, 5.74) is 1.03. The zero-order chi connectivity index (χ0) is 13.7. The molecule has 0 aliphatic carbocycles. The van der Waals surface area contributed by atoms with Gasteiger partial charge in [-0.1, -0.05) is 30.3 Å². The fraction of sp³-hybridized carbons (Fsp3) is 0.0667. The summed E-state index contributed by atoms with van der Waals surface area (Å²) < 4.78 is 12.8. The van der Waals surface area contributed by atoms with Crippen LogP contribution in [0.25, 0.3) is 0 Å². The molecule has 1 amide bonds. The topological polar surface area (TPSA) is 52.9 Å². The van der Waals surface area contributed by atoms with Gasteiger partial charge in [0.05, 0.1) is 6.07 Å². The van der Waals surface area contributed by atoms with Gasteiger partial charge in [0.2, 0.25) is 0 Å². The Hall–Kier alpha value is -2.67. The van der Waals surface area contributed by atoms with Crippen molar-refractivity contribution in [2.75, 3.05) is 0 Å². The van der Waals surface area contributed by atoms with Crippen LogP contribution in [-0.2, 0) is 0 Å². The number of carbonyl (C=O) groups is 1. The van der Waals surface area contributed by atoms with Gasteiger partial charge < -0.3 is 5.32 Å². The highest BCUT2D eigenvalue weighted by Gasteiger charge is 2.14. The zero-order valence-corrected chi connectivity index (χ0v) is 10.0. The molecule has 0 aliphatic heterocycles. The van der Waals surface area contributed by atoms with Crippen LogP contribution in [0.4, 0.5) is 4.39 Å². The number of halogens is 1. The van der Waals surface area contributed by atoms with Crippen LogP contribution in [0.2, 0.25) is 0 Å². The summed E-state index contributed by atoms with van der Waals surface area (Å²) in [4.78, 5) is 11.9. The Bertz CT molecular complexity index is 602. The summed E-state index contributed by atoms with van der Waals surface area (Å²) in [5, 5.41) is 11.7. The fourth-order valence-corrected chi connectivity index (χ4v) is 1.65. The first-order chi connectivity index (χ1) is 9.20. The number of nitrogens with zero attached hydrogens (tertiary/aromatic N) is 1. The third-order valence-corrected chi connectivity index (χ3v) is 2.64. The average Bonchev–Trinajstić information content (AvgIpc) is 2.46. The molecule has 19 heavy (non-hydrogen) atoms. The lowest BCUT2D eigenvalue weighted by Gasteiger charge is -2.11. The number of hydrogen-bond donors (Lipinski definition) is 1. The number of benzene rings is 2. The minimum atomic E-state index is -0.723. The molecule has 3 nitrogen and oxygen atoms in total. The summed E-state index contributed by atoms with van der Waals surface area (Å²) in [7, 11) is 0. The van der Waals surface area contributed by atoms with Gasteiger partial charge in [-0.2, -0.15) is 5.26 Å². The Balaban J connectivity index is 2.13. The summed E-state index contributed by atoms with van der Waals surface area (Å²) in [6, 6.07) is 15.4. The Kier molecular flexibility index (Phi) is 3.89. The van der Waals surface area contributed by atoms with Crippen molar-refractivity contribution in [2.24, 2.45) is 0 Å². The van der Waals surface area contributed by atoms with Crippen LogP contribution in [-0.4, -0.2) is 5.91 Å². The summed E-state index contributed by atoms with van der Waals surface area (Å²) in [6.45, 7) is 0. The van der Waals surface area contributed by atoms with E-state index in [0.29, 0.717) is 11.1 Å². The lowest BCUT2D eigenvalue weighted by Crippen LogP contribution is -2.27. The van der Waals surface area contributed by atoms with E-state index in [4.69, 9.17) is 5.26 Å². The van der Waals surface area contributed by atoms with Crippen molar-refractivity contribution in [3.8, 4) is 6.07 Å². The monoisotopic (exact) mass is 254 g/mol. The first kappa shape index (κ1) is 12.8. The fourth-order valence-electron chi connectivity index (χ4n) is 1.65. The molecule has 2 rings (SSSR count). The average molecular weight is 254 g/mol. The van der Waals surface area contributed by atoms with Crippen LogP contribution >= 0.6 is 0 Å². The molecular weight excluding hydrogens is 243 g/mol. The third kappa shape index (κ3) is 3.17. The molecule has 1 atom stereocenters. The van der Waals surface area contributed by atoms with Crippen molar-refractivity contribution in [1.29, 1.82) is 5.26 Å². The van der Waals surface area contributed by atoms with Gasteiger partial charge in [-0.25, -0.2) is 4.39 Å². The first-order valence-electron chi connectivity index (χ1n) is 5.71. The molecule has 94 valence electrons. The SMILES string of the molecule is N#CC(NC(=O)c1ccc(F)cc1)c1ccccc1. The van der Waals surface area contributed by atoms with E-state index >= 15 is 0 Å². The van der Waals surface area contributed by atoms with Crippen LogP contribution < -0.4 is 5.32 Å². The molecule has 0 heterocycles. The quantitative estimate of drug-likeness (QED) is 0.915. The van der Waals surface area contributed by atoms with E-state index in [1.807, 2.05) is 12.1 Å². The smallest absolute Gasteiger partial charge is 0.252 e.